The molecule has 3 rings (SSSR count). The highest BCUT2D eigenvalue weighted by Crippen LogP contribution is 2.30. The third-order valence-electron chi connectivity index (χ3n) is 3.27. The summed E-state index contributed by atoms with van der Waals surface area (Å²) in [6, 6.07) is 9.23. The van der Waals surface area contributed by atoms with Gasteiger partial charge in [-0.15, -0.1) is 0 Å². The number of ether oxygens (including phenoxy) is 2. The minimum atomic E-state index is -0.576. The first-order valence-corrected chi connectivity index (χ1v) is 7.75. The van der Waals surface area contributed by atoms with Crippen molar-refractivity contribution in [3.63, 3.8) is 0 Å². The highest BCUT2D eigenvalue weighted by Gasteiger charge is 2.16. The molecule has 0 radical (unpaired) electrons. The summed E-state index contributed by atoms with van der Waals surface area (Å²) in [6.45, 7) is 0.886. The van der Waals surface area contributed by atoms with Gasteiger partial charge in [0.1, 0.15) is 13.2 Å². The first kappa shape index (κ1) is 16.4. The van der Waals surface area contributed by atoms with Gasteiger partial charge in [-0.1, -0.05) is 23.2 Å². The maximum absolute atomic E-state index is 12.1. The second kappa shape index (κ2) is 6.98. The third kappa shape index (κ3) is 3.55. The van der Waals surface area contributed by atoms with Crippen LogP contribution in [0.1, 0.15) is 20.7 Å². The molecule has 2 N–H and O–H groups in total. The van der Waals surface area contributed by atoms with Gasteiger partial charge in [0.15, 0.2) is 11.5 Å². The molecule has 2 aromatic carbocycles. The molecule has 1 heterocycles. The number of nitrogens with one attached hydrogen (secondary N) is 2. The quantitative estimate of drug-likeness (QED) is 0.801. The van der Waals surface area contributed by atoms with Crippen LogP contribution in [0.4, 0.5) is 0 Å². The number of benzene rings is 2. The van der Waals surface area contributed by atoms with Crippen molar-refractivity contribution in [3.8, 4) is 11.5 Å². The highest BCUT2D eigenvalue weighted by molar-refractivity contribution is 6.35. The lowest BCUT2D eigenvalue weighted by atomic mass is 10.2. The van der Waals surface area contributed by atoms with Crippen molar-refractivity contribution >= 4 is 35.0 Å². The van der Waals surface area contributed by atoms with E-state index in [2.05, 4.69) is 10.9 Å². The second-order valence-corrected chi connectivity index (χ2v) is 5.73. The van der Waals surface area contributed by atoms with Crippen LogP contribution >= 0.6 is 23.2 Å². The lowest BCUT2D eigenvalue weighted by Gasteiger charge is -2.18. The van der Waals surface area contributed by atoms with E-state index in [4.69, 9.17) is 32.7 Å². The fourth-order valence-electron chi connectivity index (χ4n) is 2.11. The van der Waals surface area contributed by atoms with E-state index in [0.717, 1.165) is 0 Å². The van der Waals surface area contributed by atoms with Crippen molar-refractivity contribution < 1.29 is 19.1 Å². The van der Waals surface area contributed by atoms with Gasteiger partial charge in [0.2, 0.25) is 0 Å². The second-order valence-electron chi connectivity index (χ2n) is 4.89. The van der Waals surface area contributed by atoms with Gasteiger partial charge in [0.25, 0.3) is 11.8 Å². The first-order chi connectivity index (χ1) is 11.5. The van der Waals surface area contributed by atoms with Gasteiger partial charge in [0, 0.05) is 10.6 Å². The van der Waals surface area contributed by atoms with Crippen LogP contribution in [0.2, 0.25) is 10.0 Å². The lowest BCUT2D eigenvalue weighted by Crippen LogP contribution is -2.41. The summed E-state index contributed by atoms with van der Waals surface area (Å²) in [4.78, 5) is 24.2. The van der Waals surface area contributed by atoms with Crippen molar-refractivity contribution in [2.45, 2.75) is 0 Å². The molecular formula is C16H12Cl2N2O4. The average Bonchev–Trinajstić information content (AvgIpc) is 2.61. The summed E-state index contributed by atoms with van der Waals surface area (Å²) in [5.74, 6) is -0.0162. The Morgan fingerprint density at radius 2 is 1.58 bits per heavy atom. The molecule has 0 saturated carbocycles. The van der Waals surface area contributed by atoms with Crippen molar-refractivity contribution in [3.05, 3.63) is 57.6 Å². The predicted molar refractivity (Wildman–Crippen MR) is 88.8 cm³/mol. The normalized spacial score (nSPS) is 12.4. The molecule has 0 atom stereocenters. The summed E-state index contributed by atoms with van der Waals surface area (Å²) < 4.78 is 10.8. The Balaban J connectivity index is 1.67. The Morgan fingerprint density at radius 3 is 2.38 bits per heavy atom. The minimum absolute atomic E-state index is 0.159. The molecule has 0 spiro atoms. The van der Waals surface area contributed by atoms with E-state index in [0.29, 0.717) is 35.3 Å². The average molecular weight is 367 g/mol. The fourth-order valence-corrected chi connectivity index (χ4v) is 2.48. The number of fused-ring (bicyclic) bond motifs is 1. The van der Waals surface area contributed by atoms with E-state index in [1.54, 1.807) is 24.3 Å². The number of halogens is 2. The number of hydrazine groups is 1. The first-order valence-electron chi connectivity index (χ1n) is 7.00. The zero-order chi connectivity index (χ0) is 17.1. The minimum Gasteiger partial charge on any atom is -0.486 e. The molecule has 0 bridgehead atoms. The standard InChI is InChI=1S/C16H12Cl2N2O4/c17-10-2-3-12(18)11(8-10)16(22)20-19-15(21)9-1-4-13-14(7-9)24-6-5-23-13/h1-4,7-8H,5-6H2,(H,19,21)(H,20,22). The maximum atomic E-state index is 12.1. The Morgan fingerprint density at radius 1 is 0.875 bits per heavy atom. The van der Waals surface area contributed by atoms with Gasteiger partial charge in [-0.25, -0.2) is 0 Å². The predicted octanol–water partition coefficient (Wildman–Crippen LogP) is 2.84. The van der Waals surface area contributed by atoms with Gasteiger partial charge in [0.05, 0.1) is 10.6 Å². The summed E-state index contributed by atoms with van der Waals surface area (Å²) >= 11 is 11.8. The Kier molecular flexibility index (Phi) is 4.78. The summed E-state index contributed by atoms with van der Waals surface area (Å²) in [5, 5.41) is 0.591. The number of carbonyl (C=O) groups excluding carboxylic acids is 2. The number of hydrogen-bond acceptors (Lipinski definition) is 4. The van der Waals surface area contributed by atoms with E-state index in [1.807, 2.05) is 0 Å². The summed E-state index contributed by atoms with van der Waals surface area (Å²) in [7, 11) is 0. The van der Waals surface area contributed by atoms with Crippen LogP contribution in [0.15, 0.2) is 36.4 Å². The number of hydrogen-bond donors (Lipinski definition) is 2. The van der Waals surface area contributed by atoms with E-state index in [9.17, 15) is 9.59 Å². The Labute approximate surface area is 147 Å². The molecule has 0 saturated heterocycles. The van der Waals surface area contributed by atoms with Gasteiger partial charge >= 0.3 is 0 Å². The molecule has 0 aliphatic carbocycles. The molecular weight excluding hydrogens is 355 g/mol. The van der Waals surface area contributed by atoms with E-state index < -0.39 is 11.8 Å². The molecule has 1 aliphatic rings. The monoisotopic (exact) mass is 366 g/mol. The van der Waals surface area contributed by atoms with Crippen LogP contribution in [0.3, 0.4) is 0 Å². The number of rotatable bonds is 2. The molecule has 1 aliphatic heterocycles. The van der Waals surface area contributed by atoms with Crippen LogP contribution in [0.25, 0.3) is 0 Å². The molecule has 24 heavy (non-hydrogen) atoms. The zero-order valence-electron chi connectivity index (χ0n) is 12.3. The number of amides is 2. The molecule has 124 valence electrons. The molecule has 0 fully saturated rings. The van der Waals surface area contributed by atoms with Gasteiger partial charge in [-0.2, -0.15) is 0 Å². The molecule has 0 aromatic heterocycles. The summed E-state index contributed by atoms with van der Waals surface area (Å²) in [6.07, 6.45) is 0. The van der Waals surface area contributed by atoms with E-state index in [-0.39, 0.29) is 10.6 Å². The molecule has 2 amide bonds. The molecule has 0 unspecified atom stereocenters. The third-order valence-corrected chi connectivity index (χ3v) is 3.83. The van der Waals surface area contributed by atoms with Crippen molar-refractivity contribution in [2.24, 2.45) is 0 Å². The van der Waals surface area contributed by atoms with Gasteiger partial charge in [-0.3, -0.25) is 20.4 Å². The Bertz CT molecular complexity index is 811. The zero-order valence-corrected chi connectivity index (χ0v) is 13.8. The van der Waals surface area contributed by atoms with Crippen LogP contribution in [0, 0.1) is 0 Å². The van der Waals surface area contributed by atoms with Gasteiger partial charge < -0.3 is 9.47 Å². The van der Waals surface area contributed by atoms with Crippen LogP contribution in [-0.4, -0.2) is 25.0 Å². The molecule has 6 nitrogen and oxygen atoms in total. The van der Waals surface area contributed by atoms with Crippen LogP contribution < -0.4 is 20.3 Å². The molecule has 8 heteroatoms. The molecule has 2 aromatic rings. The van der Waals surface area contributed by atoms with Crippen LogP contribution in [0.5, 0.6) is 11.5 Å². The maximum Gasteiger partial charge on any atom is 0.271 e. The van der Waals surface area contributed by atoms with Crippen LogP contribution in [-0.2, 0) is 0 Å². The smallest absolute Gasteiger partial charge is 0.271 e. The van der Waals surface area contributed by atoms with E-state index >= 15 is 0 Å². The van der Waals surface area contributed by atoms with Crippen molar-refractivity contribution in [1.29, 1.82) is 0 Å². The van der Waals surface area contributed by atoms with Gasteiger partial charge in [-0.05, 0) is 36.4 Å². The Hall–Kier alpha value is -2.44. The summed E-state index contributed by atoms with van der Waals surface area (Å²) in [5.41, 5.74) is 5.08. The van der Waals surface area contributed by atoms with Crippen molar-refractivity contribution in [2.75, 3.05) is 13.2 Å². The van der Waals surface area contributed by atoms with Crippen molar-refractivity contribution in [1.82, 2.24) is 10.9 Å². The SMILES string of the molecule is O=C(NNC(=O)c1cc(Cl)ccc1Cl)c1ccc2c(c1)OCCO2. The number of carbonyl (C=O) groups is 2. The van der Waals surface area contributed by atoms with E-state index in [1.165, 1.54) is 12.1 Å². The lowest BCUT2D eigenvalue weighted by molar-refractivity contribution is 0.0846. The topological polar surface area (TPSA) is 76.7 Å². The highest BCUT2D eigenvalue weighted by atomic mass is 35.5. The fraction of sp³-hybridized carbons (Fsp3) is 0.125. The largest absolute Gasteiger partial charge is 0.486 e.